The minimum atomic E-state index is -3.60. The van der Waals surface area contributed by atoms with Crippen molar-refractivity contribution < 1.29 is 17.9 Å². The van der Waals surface area contributed by atoms with Gasteiger partial charge in [-0.05, 0) is 57.9 Å². The van der Waals surface area contributed by atoms with Gasteiger partial charge in [-0.1, -0.05) is 0 Å². The van der Waals surface area contributed by atoms with E-state index in [1.165, 1.54) is 23.5 Å². The second-order valence-corrected chi connectivity index (χ2v) is 9.05. The van der Waals surface area contributed by atoms with Gasteiger partial charge in [-0.2, -0.15) is 4.31 Å². The van der Waals surface area contributed by atoms with Crippen LogP contribution in [0.2, 0.25) is 0 Å². The van der Waals surface area contributed by atoms with Crippen LogP contribution in [0.4, 0.5) is 0 Å². The third-order valence-corrected chi connectivity index (χ3v) is 5.83. The number of ether oxygens (including phenoxy) is 1. The normalized spacial score (nSPS) is 19.8. The first-order valence-electron chi connectivity index (χ1n) is 8.10. The number of piperidine rings is 1. The number of nitrogens with zero attached hydrogens (tertiary/aromatic N) is 1. The molecule has 1 heterocycles. The lowest BCUT2D eigenvalue weighted by Gasteiger charge is -2.33. The van der Waals surface area contributed by atoms with E-state index in [0.29, 0.717) is 25.1 Å². The van der Waals surface area contributed by atoms with Crippen LogP contribution in [-0.2, 0) is 14.8 Å². The summed E-state index contributed by atoms with van der Waals surface area (Å²) in [4.78, 5) is 12.6. The Morgan fingerprint density at radius 3 is 2.42 bits per heavy atom. The number of carbonyl (C=O) groups excluding carboxylic acids is 1. The van der Waals surface area contributed by atoms with Gasteiger partial charge in [0.25, 0.3) is 0 Å². The van der Waals surface area contributed by atoms with E-state index in [1.54, 1.807) is 12.1 Å². The second-order valence-electron chi connectivity index (χ2n) is 7.12. The molecule has 2 rings (SSSR count). The Balaban J connectivity index is 2.14. The third-order valence-electron chi connectivity index (χ3n) is 3.95. The van der Waals surface area contributed by atoms with E-state index in [9.17, 15) is 13.2 Å². The lowest BCUT2D eigenvalue weighted by atomic mass is 9.97. The fraction of sp³-hybridized carbons (Fsp3) is 0.588. The average Bonchev–Trinajstić information content (AvgIpc) is 2.53. The van der Waals surface area contributed by atoms with Gasteiger partial charge in [-0.15, -0.1) is 0 Å². The van der Waals surface area contributed by atoms with Gasteiger partial charge in [-0.3, -0.25) is 4.79 Å². The maximum absolute atomic E-state index is 12.8. The average molecular weight is 354 g/mol. The van der Waals surface area contributed by atoms with Gasteiger partial charge in [0.2, 0.25) is 15.9 Å². The molecule has 0 spiro atoms. The Morgan fingerprint density at radius 2 is 1.88 bits per heavy atom. The molecule has 1 saturated heterocycles. The Kier molecular flexibility index (Phi) is 5.55. The zero-order valence-electron chi connectivity index (χ0n) is 14.7. The van der Waals surface area contributed by atoms with Gasteiger partial charge in [0, 0.05) is 18.6 Å². The van der Waals surface area contributed by atoms with Crippen molar-refractivity contribution in [1.82, 2.24) is 9.62 Å². The minimum Gasteiger partial charge on any atom is -0.497 e. The molecule has 1 fully saturated rings. The number of nitrogens with one attached hydrogen (secondary N) is 1. The molecule has 1 aromatic carbocycles. The number of methoxy groups -OCH3 is 1. The lowest BCUT2D eigenvalue weighted by molar-refractivity contribution is -0.127. The van der Waals surface area contributed by atoms with Crippen LogP contribution in [0.1, 0.15) is 33.6 Å². The van der Waals surface area contributed by atoms with Crippen LogP contribution < -0.4 is 10.1 Å². The molecular weight excluding hydrogens is 328 g/mol. The zero-order valence-corrected chi connectivity index (χ0v) is 15.5. The summed E-state index contributed by atoms with van der Waals surface area (Å²) in [5.74, 6) is 0.207. The first-order valence-corrected chi connectivity index (χ1v) is 9.54. The predicted molar refractivity (Wildman–Crippen MR) is 92.4 cm³/mol. The van der Waals surface area contributed by atoms with E-state index in [-0.39, 0.29) is 28.8 Å². The molecule has 1 aliphatic rings. The molecule has 1 atom stereocenters. The van der Waals surface area contributed by atoms with Crippen molar-refractivity contribution in [3.8, 4) is 5.75 Å². The zero-order chi connectivity index (χ0) is 18.0. The summed E-state index contributed by atoms with van der Waals surface area (Å²) in [6.07, 6.45) is 1.38. The summed E-state index contributed by atoms with van der Waals surface area (Å²) in [6.45, 7) is 6.41. The van der Waals surface area contributed by atoms with E-state index >= 15 is 0 Å². The molecule has 1 amide bonds. The molecule has 6 nitrogen and oxygen atoms in total. The highest BCUT2D eigenvalue weighted by atomic mass is 32.2. The molecule has 0 unspecified atom stereocenters. The fourth-order valence-corrected chi connectivity index (χ4v) is 4.27. The molecule has 7 heteroatoms. The summed E-state index contributed by atoms with van der Waals surface area (Å²) in [7, 11) is -2.07. The molecule has 1 aromatic rings. The molecule has 134 valence electrons. The number of carbonyl (C=O) groups is 1. The van der Waals surface area contributed by atoms with Crippen LogP contribution in [0.25, 0.3) is 0 Å². The quantitative estimate of drug-likeness (QED) is 0.897. The van der Waals surface area contributed by atoms with Crippen molar-refractivity contribution >= 4 is 15.9 Å². The predicted octanol–water partition coefficient (Wildman–Crippen LogP) is 2.01. The molecule has 1 aliphatic heterocycles. The summed E-state index contributed by atoms with van der Waals surface area (Å²) < 4.78 is 32.1. The first-order chi connectivity index (χ1) is 11.1. The Morgan fingerprint density at radius 1 is 1.25 bits per heavy atom. The highest BCUT2D eigenvalue weighted by Crippen LogP contribution is 2.25. The van der Waals surface area contributed by atoms with E-state index in [2.05, 4.69) is 5.32 Å². The number of amides is 1. The van der Waals surface area contributed by atoms with Crippen LogP contribution in [0.5, 0.6) is 5.75 Å². The number of sulfonamides is 1. The van der Waals surface area contributed by atoms with Crippen molar-refractivity contribution in [2.24, 2.45) is 5.92 Å². The largest absolute Gasteiger partial charge is 0.497 e. The van der Waals surface area contributed by atoms with Gasteiger partial charge < -0.3 is 10.1 Å². The summed E-state index contributed by atoms with van der Waals surface area (Å²) >= 11 is 0. The Bertz CT molecular complexity index is 678. The van der Waals surface area contributed by atoms with Gasteiger partial charge in [0.05, 0.1) is 17.9 Å². The number of hydrogen-bond acceptors (Lipinski definition) is 4. The van der Waals surface area contributed by atoms with E-state index < -0.39 is 10.0 Å². The maximum atomic E-state index is 12.8. The first kappa shape index (κ1) is 18.7. The highest BCUT2D eigenvalue weighted by molar-refractivity contribution is 7.89. The summed E-state index contributed by atoms with van der Waals surface area (Å²) in [5, 5.41) is 2.94. The SMILES string of the molecule is COc1ccc(S(=O)(=O)N2CCC[C@H](C(=O)NC(C)(C)C)C2)cc1. The molecule has 0 aliphatic carbocycles. The summed E-state index contributed by atoms with van der Waals surface area (Å²) in [5.41, 5.74) is -0.325. The van der Waals surface area contributed by atoms with Crippen LogP contribution in [0.3, 0.4) is 0 Å². The van der Waals surface area contributed by atoms with Crippen LogP contribution in [0, 0.1) is 5.92 Å². The third kappa shape index (κ3) is 4.48. The van der Waals surface area contributed by atoms with E-state index in [4.69, 9.17) is 4.74 Å². The molecule has 1 N–H and O–H groups in total. The molecule has 0 radical (unpaired) electrons. The Labute approximate surface area is 144 Å². The number of rotatable bonds is 4. The standard InChI is InChI=1S/C17H26N2O4S/c1-17(2,3)18-16(20)13-6-5-11-19(12-13)24(21,22)15-9-7-14(23-4)8-10-15/h7-10,13H,5-6,11-12H2,1-4H3,(H,18,20)/t13-/m0/s1. The number of benzene rings is 1. The van der Waals surface area contributed by atoms with Crippen molar-refractivity contribution in [2.45, 2.75) is 44.0 Å². The molecule has 0 saturated carbocycles. The van der Waals surface area contributed by atoms with Gasteiger partial charge in [0.1, 0.15) is 5.75 Å². The van der Waals surface area contributed by atoms with Crippen molar-refractivity contribution in [3.05, 3.63) is 24.3 Å². The van der Waals surface area contributed by atoms with Crippen molar-refractivity contribution in [2.75, 3.05) is 20.2 Å². The minimum absolute atomic E-state index is 0.0860. The van der Waals surface area contributed by atoms with Crippen LogP contribution in [0.15, 0.2) is 29.2 Å². The van der Waals surface area contributed by atoms with Crippen molar-refractivity contribution in [1.29, 1.82) is 0 Å². The van der Waals surface area contributed by atoms with Crippen LogP contribution in [-0.4, -0.2) is 44.4 Å². The Hall–Kier alpha value is -1.60. The van der Waals surface area contributed by atoms with E-state index in [1.807, 2.05) is 20.8 Å². The van der Waals surface area contributed by atoms with Gasteiger partial charge in [0.15, 0.2) is 0 Å². The lowest BCUT2D eigenvalue weighted by Crippen LogP contribution is -2.49. The summed E-state index contributed by atoms with van der Waals surface area (Å²) in [6, 6.07) is 6.32. The van der Waals surface area contributed by atoms with Gasteiger partial charge >= 0.3 is 0 Å². The second kappa shape index (κ2) is 7.11. The van der Waals surface area contributed by atoms with Crippen LogP contribution >= 0.6 is 0 Å². The monoisotopic (exact) mass is 354 g/mol. The molecule has 0 bridgehead atoms. The molecule has 24 heavy (non-hydrogen) atoms. The van der Waals surface area contributed by atoms with Gasteiger partial charge in [-0.25, -0.2) is 8.42 Å². The van der Waals surface area contributed by atoms with Crippen molar-refractivity contribution in [3.63, 3.8) is 0 Å². The highest BCUT2D eigenvalue weighted by Gasteiger charge is 2.34. The smallest absolute Gasteiger partial charge is 0.243 e. The maximum Gasteiger partial charge on any atom is 0.243 e. The number of hydrogen-bond donors (Lipinski definition) is 1. The topological polar surface area (TPSA) is 75.7 Å². The van der Waals surface area contributed by atoms with E-state index in [0.717, 1.165) is 0 Å². The fourth-order valence-electron chi connectivity index (χ4n) is 2.74. The molecular formula is C17H26N2O4S. The molecule has 0 aromatic heterocycles.